The molecular formula is C20H16N2O4. The summed E-state index contributed by atoms with van der Waals surface area (Å²) in [6.07, 6.45) is 4.52. The smallest absolute Gasteiger partial charge is 0.270 e. The molecule has 0 bridgehead atoms. The minimum absolute atomic E-state index is 0.0184. The van der Waals surface area contributed by atoms with Crippen LogP contribution in [0.1, 0.15) is 11.3 Å². The van der Waals surface area contributed by atoms with Gasteiger partial charge in [-0.05, 0) is 35.9 Å². The van der Waals surface area contributed by atoms with Gasteiger partial charge in [0.05, 0.1) is 17.7 Å². The molecule has 2 aromatic carbocycles. The normalized spacial score (nSPS) is 10.8. The molecule has 0 N–H and O–H groups in total. The van der Waals surface area contributed by atoms with Gasteiger partial charge in [0.1, 0.15) is 5.76 Å². The molecule has 3 rings (SSSR count). The van der Waals surface area contributed by atoms with E-state index in [4.69, 9.17) is 4.42 Å². The Hall–Kier alpha value is -3.67. The van der Waals surface area contributed by atoms with Crippen LogP contribution in [0.15, 0.2) is 83.5 Å². The first-order chi connectivity index (χ1) is 12.6. The standard InChI is InChI=1S/C20H16N2O4/c23-20(12-11-16-6-4-9-18(14-16)22(24)25)21(15-19-10-5-13-26-19)17-7-2-1-3-8-17/h1-14H,15H2/b12-11+. The van der Waals surface area contributed by atoms with Gasteiger partial charge in [-0.25, -0.2) is 0 Å². The summed E-state index contributed by atoms with van der Waals surface area (Å²) in [6, 6.07) is 18.9. The second-order valence-corrected chi connectivity index (χ2v) is 5.52. The fraction of sp³-hybridized carbons (Fsp3) is 0.0500. The number of benzene rings is 2. The number of nitrogens with zero attached hydrogens (tertiary/aromatic N) is 2. The van der Waals surface area contributed by atoms with Gasteiger partial charge in [-0.3, -0.25) is 14.9 Å². The Morgan fingerprint density at radius 2 is 1.88 bits per heavy atom. The zero-order chi connectivity index (χ0) is 18.4. The number of nitro benzene ring substituents is 1. The third-order valence-electron chi connectivity index (χ3n) is 3.73. The summed E-state index contributed by atoms with van der Waals surface area (Å²) in [4.78, 5) is 24.7. The molecule has 26 heavy (non-hydrogen) atoms. The molecule has 1 amide bonds. The predicted molar refractivity (Wildman–Crippen MR) is 98.5 cm³/mol. The molecule has 0 unspecified atom stereocenters. The van der Waals surface area contributed by atoms with E-state index < -0.39 is 4.92 Å². The molecule has 0 aliphatic rings. The van der Waals surface area contributed by atoms with Gasteiger partial charge in [0, 0.05) is 23.9 Å². The van der Waals surface area contributed by atoms with Crippen LogP contribution < -0.4 is 4.90 Å². The van der Waals surface area contributed by atoms with Crippen molar-refractivity contribution in [2.45, 2.75) is 6.54 Å². The van der Waals surface area contributed by atoms with Crippen LogP contribution in [-0.4, -0.2) is 10.8 Å². The van der Waals surface area contributed by atoms with E-state index in [9.17, 15) is 14.9 Å². The molecule has 0 aliphatic carbocycles. The number of amides is 1. The van der Waals surface area contributed by atoms with Crippen molar-refractivity contribution in [2.75, 3.05) is 4.90 Å². The summed E-state index contributed by atoms with van der Waals surface area (Å²) in [5, 5.41) is 10.9. The Bertz CT molecular complexity index is 918. The molecule has 0 saturated heterocycles. The van der Waals surface area contributed by atoms with Crippen LogP contribution in [0, 0.1) is 10.1 Å². The third-order valence-corrected chi connectivity index (χ3v) is 3.73. The maximum absolute atomic E-state index is 12.7. The van der Waals surface area contributed by atoms with E-state index in [1.807, 2.05) is 30.3 Å². The highest BCUT2D eigenvalue weighted by molar-refractivity contribution is 6.03. The number of para-hydroxylation sites is 1. The van der Waals surface area contributed by atoms with E-state index in [-0.39, 0.29) is 18.1 Å². The van der Waals surface area contributed by atoms with E-state index in [0.717, 1.165) is 5.69 Å². The number of hydrogen-bond donors (Lipinski definition) is 0. The van der Waals surface area contributed by atoms with Gasteiger partial charge < -0.3 is 9.32 Å². The Balaban J connectivity index is 1.83. The van der Waals surface area contributed by atoms with Crippen LogP contribution in [0.3, 0.4) is 0 Å². The molecule has 6 heteroatoms. The van der Waals surface area contributed by atoms with Gasteiger partial charge in [-0.15, -0.1) is 0 Å². The molecule has 0 radical (unpaired) electrons. The first-order valence-electron chi connectivity index (χ1n) is 7.95. The minimum atomic E-state index is -0.466. The number of non-ortho nitro benzene ring substituents is 1. The highest BCUT2D eigenvalue weighted by Crippen LogP contribution is 2.19. The molecule has 1 heterocycles. The number of furan rings is 1. The fourth-order valence-corrected chi connectivity index (χ4v) is 2.46. The largest absolute Gasteiger partial charge is 0.467 e. The van der Waals surface area contributed by atoms with Gasteiger partial charge in [0.25, 0.3) is 11.6 Å². The molecule has 0 saturated carbocycles. The Kier molecular flexibility index (Phi) is 5.24. The lowest BCUT2D eigenvalue weighted by Crippen LogP contribution is -2.28. The number of nitro groups is 1. The molecule has 0 atom stereocenters. The van der Waals surface area contributed by atoms with Crippen molar-refractivity contribution in [3.63, 3.8) is 0 Å². The molecule has 3 aromatic rings. The topological polar surface area (TPSA) is 76.6 Å². The Morgan fingerprint density at radius 3 is 2.58 bits per heavy atom. The highest BCUT2D eigenvalue weighted by atomic mass is 16.6. The molecular weight excluding hydrogens is 332 g/mol. The molecule has 0 fully saturated rings. The lowest BCUT2D eigenvalue weighted by atomic mass is 10.2. The summed E-state index contributed by atoms with van der Waals surface area (Å²) in [6.45, 7) is 0.287. The average molecular weight is 348 g/mol. The van der Waals surface area contributed by atoms with Crippen molar-refractivity contribution in [2.24, 2.45) is 0 Å². The third kappa shape index (κ3) is 4.24. The van der Waals surface area contributed by atoms with Crippen LogP contribution in [0.2, 0.25) is 0 Å². The highest BCUT2D eigenvalue weighted by Gasteiger charge is 2.15. The number of carbonyl (C=O) groups is 1. The fourth-order valence-electron chi connectivity index (χ4n) is 2.46. The van der Waals surface area contributed by atoms with E-state index in [1.54, 1.807) is 41.5 Å². The number of carbonyl (C=O) groups excluding carboxylic acids is 1. The number of anilines is 1. The van der Waals surface area contributed by atoms with Gasteiger partial charge in [-0.2, -0.15) is 0 Å². The van der Waals surface area contributed by atoms with Crippen molar-refractivity contribution in [3.8, 4) is 0 Å². The van der Waals surface area contributed by atoms with Gasteiger partial charge in [0.15, 0.2) is 0 Å². The summed E-state index contributed by atoms with van der Waals surface area (Å²) in [5.41, 5.74) is 1.30. The van der Waals surface area contributed by atoms with Gasteiger partial charge in [0.2, 0.25) is 0 Å². The molecule has 0 spiro atoms. The van der Waals surface area contributed by atoms with E-state index in [0.29, 0.717) is 11.3 Å². The first kappa shape index (κ1) is 17.2. The monoisotopic (exact) mass is 348 g/mol. The van der Waals surface area contributed by atoms with E-state index >= 15 is 0 Å². The second kappa shape index (κ2) is 7.94. The maximum Gasteiger partial charge on any atom is 0.270 e. The SMILES string of the molecule is O=C(/C=C/c1cccc([N+](=O)[O-])c1)N(Cc1ccco1)c1ccccc1. The minimum Gasteiger partial charge on any atom is -0.467 e. The summed E-state index contributed by atoms with van der Waals surface area (Å²) in [7, 11) is 0. The zero-order valence-electron chi connectivity index (χ0n) is 13.8. The second-order valence-electron chi connectivity index (χ2n) is 5.52. The predicted octanol–water partition coefficient (Wildman–Crippen LogP) is 4.43. The van der Waals surface area contributed by atoms with Crippen molar-refractivity contribution in [1.82, 2.24) is 0 Å². The molecule has 6 nitrogen and oxygen atoms in total. The summed E-state index contributed by atoms with van der Waals surface area (Å²) < 4.78 is 5.35. The number of rotatable bonds is 6. The van der Waals surface area contributed by atoms with Crippen LogP contribution >= 0.6 is 0 Å². The van der Waals surface area contributed by atoms with Crippen LogP contribution in [-0.2, 0) is 11.3 Å². The van der Waals surface area contributed by atoms with Crippen molar-refractivity contribution < 1.29 is 14.1 Å². The molecule has 130 valence electrons. The summed E-state index contributed by atoms with van der Waals surface area (Å²) >= 11 is 0. The quantitative estimate of drug-likeness (QED) is 0.375. The van der Waals surface area contributed by atoms with Crippen LogP contribution in [0.5, 0.6) is 0 Å². The van der Waals surface area contributed by atoms with Crippen molar-refractivity contribution >= 4 is 23.4 Å². The molecule has 1 aromatic heterocycles. The zero-order valence-corrected chi connectivity index (χ0v) is 13.8. The average Bonchev–Trinajstić information content (AvgIpc) is 3.18. The van der Waals surface area contributed by atoms with Gasteiger partial charge in [-0.1, -0.05) is 30.3 Å². The molecule has 0 aliphatic heterocycles. The van der Waals surface area contributed by atoms with Crippen LogP contribution in [0.4, 0.5) is 11.4 Å². The number of hydrogen-bond acceptors (Lipinski definition) is 4. The Morgan fingerprint density at radius 1 is 1.08 bits per heavy atom. The Labute approximate surface area is 150 Å². The lowest BCUT2D eigenvalue weighted by molar-refractivity contribution is -0.384. The lowest BCUT2D eigenvalue weighted by Gasteiger charge is -2.20. The van der Waals surface area contributed by atoms with Gasteiger partial charge >= 0.3 is 0 Å². The van der Waals surface area contributed by atoms with Crippen molar-refractivity contribution in [3.05, 3.63) is 101 Å². The van der Waals surface area contributed by atoms with E-state index in [1.165, 1.54) is 18.2 Å². The first-order valence-corrected chi connectivity index (χ1v) is 7.95. The van der Waals surface area contributed by atoms with Crippen LogP contribution in [0.25, 0.3) is 6.08 Å². The van der Waals surface area contributed by atoms with Crippen molar-refractivity contribution in [1.29, 1.82) is 0 Å². The summed E-state index contributed by atoms with van der Waals surface area (Å²) in [5.74, 6) is 0.407. The maximum atomic E-state index is 12.7. The van der Waals surface area contributed by atoms with E-state index in [2.05, 4.69) is 0 Å².